The van der Waals surface area contributed by atoms with Gasteiger partial charge in [0.05, 0.1) is 12.2 Å². The average Bonchev–Trinajstić information content (AvgIpc) is 2.92. The largest absolute Gasteiger partial charge is 0.339 e. The number of hydrogen-bond donors (Lipinski definition) is 1. The molecule has 1 aliphatic rings. The van der Waals surface area contributed by atoms with Gasteiger partial charge >= 0.3 is 0 Å². The van der Waals surface area contributed by atoms with Gasteiger partial charge in [-0.1, -0.05) is 5.16 Å². The fourth-order valence-electron chi connectivity index (χ4n) is 1.81. The maximum Gasteiger partial charge on any atom is 0.229 e. The maximum absolute atomic E-state index is 6.13. The van der Waals surface area contributed by atoms with Crippen molar-refractivity contribution in [3.05, 3.63) is 29.7 Å². The molecule has 1 fully saturated rings. The molecule has 2 N–H and O–H groups in total. The van der Waals surface area contributed by atoms with Gasteiger partial charge in [-0.05, 0) is 26.7 Å². The SMILES string of the molecule is CC(C)n1cc(C(N)c2noc(C3CC3)n2)cn1. The Kier molecular flexibility index (Phi) is 2.66. The fraction of sp³-hybridized carbons (Fsp3) is 0.583. The summed E-state index contributed by atoms with van der Waals surface area (Å²) in [6.07, 6.45) is 5.98. The predicted molar refractivity (Wildman–Crippen MR) is 64.9 cm³/mol. The van der Waals surface area contributed by atoms with Gasteiger partial charge in [0.15, 0.2) is 5.82 Å². The van der Waals surface area contributed by atoms with E-state index in [-0.39, 0.29) is 6.04 Å². The molecule has 1 atom stereocenters. The van der Waals surface area contributed by atoms with Gasteiger partial charge in [0.2, 0.25) is 5.89 Å². The van der Waals surface area contributed by atoms with Crippen LogP contribution in [0.5, 0.6) is 0 Å². The standard InChI is InChI=1S/C12H17N5O/c1-7(2)17-6-9(5-14-17)10(13)11-15-12(18-16-11)8-3-4-8/h5-8,10H,3-4,13H2,1-2H3. The smallest absolute Gasteiger partial charge is 0.229 e. The van der Waals surface area contributed by atoms with Crippen LogP contribution >= 0.6 is 0 Å². The summed E-state index contributed by atoms with van der Waals surface area (Å²) in [5, 5.41) is 8.23. The van der Waals surface area contributed by atoms with Crippen LogP contribution in [0.4, 0.5) is 0 Å². The molecule has 0 aliphatic heterocycles. The molecule has 0 amide bonds. The molecule has 0 spiro atoms. The quantitative estimate of drug-likeness (QED) is 0.890. The summed E-state index contributed by atoms with van der Waals surface area (Å²) in [6.45, 7) is 4.14. The summed E-state index contributed by atoms with van der Waals surface area (Å²) in [7, 11) is 0. The summed E-state index contributed by atoms with van der Waals surface area (Å²) < 4.78 is 7.09. The van der Waals surface area contributed by atoms with Gasteiger partial charge in [0, 0.05) is 23.7 Å². The average molecular weight is 247 g/mol. The molecule has 1 aliphatic carbocycles. The molecule has 6 heteroatoms. The summed E-state index contributed by atoms with van der Waals surface area (Å²) in [6, 6.07) is -0.0491. The van der Waals surface area contributed by atoms with Crippen molar-refractivity contribution in [1.29, 1.82) is 0 Å². The van der Waals surface area contributed by atoms with Crippen molar-refractivity contribution in [2.45, 2.75) is 44.7 Å². The van der Waals surface area contributed by atoms with Gasteiger partial charge in [0.25, 0.3) is 0 Å². The zero-order valence-corrected chi connectivity index (χ0v) is 10.6. The molecule has 1 saturated carbocycles. The zero-order valence-electron chi connectivity index (χ0n) is 10.6. The molecule has 0 aromatic carbocycles. The van der Waals surface area contributed by atoms with E-state index in [4.69, 9.17) is 10.3 Å². The lowest BCUT2D eigenvalue weighted by atomic mass is 10.1. The van der Waals surface area contributed by atoms with E-state index in [2.05, 4.69) is 29.1 Å². The molecule has 0 bridgehead atoms. The van der Waals surface area contributed by atoms with Crippen LogP contribution in [0.1, 0.15) is 62.0 Å². The van der Waals surface area contributed by atoms with E-state index < -0.39 is 0 Å². The van der Waals surface area contributed by atoms with Gasteiger partial charge in [-0.3, -0.25) is 4.68 Å². The number of nitrogens with zero attached hydrogens (tertiary/aromatic N) is 4. The van der Waals surface area contributed by atoms with Crippen molar-refractivity contribution in [3.8, 4) is 0 Å². The Balaban J connectivity index is 1.80. The van der Waals surface area contributed by atoms with Crippen LogP contribution in [0.2, 0.25) is 0 Å². The molecule has 0 radical (unpaired) electrons. The number of rotatable bonds is 4. The molecule has 2 aromatic heterocycles. The van der Waals surface area contributed by atoms with Crippen LogP contribution in [0, 0.1) is 0 Å². The van der Waals surface area contributed by atoms with Crippen molar-refractivity contribution < 1.29 is 4.52 Å². The van der Waals surface area contributed by atoms with E-state index in [0.29, 0.717) is 17.8 Å². The van der Waals surface area contributed by atoms with Gasteiger partial charge in [-0.2, -0.15) is 10.1 Å². The highest BCUT2D eigenvalue weighted by Crippen LogP contribution is 2.39. The second-order valence-electron chi connectivity index (χ2n) is 5.09. The maximum atomic E-state index is 6.13. The highest BCUT2D eigenvalue weighted by Gasteiger charge is 2.30. The van der Waals surface area contributed by atoms with Crippen molar-refractivity contribution in [3.63, 3.8) is 0 Å². The van der Waals surface area contributed by atoms with Crippen molar-refractivity contribution in [2.24, 2.45) is 5.73 Å². The van der Waals surface area contributed by atoms with Crippen LogP contribution in [0.3, 0.4) is 0 Å². The summed E-state index contributed by atoms with van der Waals surface area (Å²) in [5.74, 6) is 1.72. The van der Waals surface area contributed by atoms with Gasteiger partial charge < -0.3 is 10.3 Å². The normalized spacial score (nSPS) is 17.3. The predicted octanol–water partition coefficient (Wildman–Crippen LogP) is 1.77. The van der Waals surface area contributed by atoms with E-state index in [9.17, 15) is 0 Å². The summed E-state index contributed by atoms with van der Waals surface area (Å²) in [4.78, 5) is 4.36. The first-order valence-electron chi connectivity index (χ1n) is 6.28. The number of nitrogens with two attached hydrogens (primary N) is 1. The molecule has 1 unspecified atom stereocenters. The lowest BCUT2D eigenvalue weighted by molar-refractivity contribution is 0.372. The van der Waals surface area contributed by atoms with Crippen LogP contribution in [-0.4, -0.2) is 19.9 Å². The molecular formula is C12H17N5O. The fourth-order valence-corrected chi connectivity index (χ4v) is 1.81. The van der Waals surface area contributed by atoms with E-state index in [1.807, 2.05) is 10.9 Å². The summed E-state index contributed by atoms with van der Waals surface area (Å²) >= 11 is 0. The summed E-state index contributed by atoms with van der Waals surface area (Å²) in [5.41, 5.74) is 7.03. The van der Waals surface area contributed by atoms with Gasteiger partial charge in [-0.15, -0.1) is 0 Å². The zero-order chi connectivity index (χ0) is 12.7. The minimum Gasteiger partial charge on any atom is -0.339 e. The second-order valence-corrected chi connectivity index (χ2v) is 5.09. The highest BCUT2D eigenvalue weighted by molar-refractivity contribution is 5.18. The third-order valence-electron chi connectivity index (χ3n) is 3.17. The van der Waals surface area contributed by atoms with E-state index >= 15 is 0 Å². The monoisotopic (exact) mass is 247 g/mol. The van der Waals surface area contributed by atoms with Crippen LogP contribution in [0.25, 0.3) is 0 Å². The molecule has 2 heterocycles. The second kappa shape index (κ2) is 4.20. The van der Waals surface area contributed by atoms with Crippen molar-refractivity contribution in [2.75, 3.05) is 0 Å². The van der Waals surface area contributed by atoms with E-state index in [1.165, 1.54) is 0 Å². The Hall–Kier alpha value is -1.69. The first-order chi connectivity index (χ1) is 8.65. The minimum atomic E-state index is -0.367. The van der Waals surface area contributed by atoms with E-state index in [0.717, 1.165) is 24.3 Å². The Bertz CT molecular complexity index is 500. The lowest BCUT2D eigenvalue weighted by Crippen LogP contribution is -2.13. The van der Waals surface area contributed by atoms with Gasteiger partial charge in [0.1, 0.15) is 0 Å². The van der Waals surface area contributed by atoms with Crippen LogP contribution in [0.15, 0.2) is 16.9 Å². The molecule has 0 saturated heterocycles. The molecule has 96 valence electrons. The molecule has 2 aromatic rings. The molecular weight excluding hydrogens is 230 g/mol. The number of aromatic nitrogens is 4. The third kappa shape index (κ3) is 2.03. The highest BCUT2D eigenvalue weighted by atomic mass is 16.5. The Morgan fingerprint density at radius 3 is 2.83 bits per heavy atom. The van der Waals surface area contributed by atoms with Crippen molar-refractivity contribution >= 4 is 0 Å². The minimum absolute atomic E-state index is 0.318. The Morgan fingerprint density at radius 2 is 2.22 bits per heavy atom. The topological polar surface area (TPSA) is 82.8 Å². The molecule has 3 rings (SSSR count). The van der Waals surface area contributed by atoms with Crippen LogP contribution < -0.4 is 5.73 Å². The molecule has 6 nitrogen and oxygen atoms in total. The van der Waals surface area contributed by atoms with Crippen LogP contribution in [-0.2, 0) is 0 Å². The van der Waals surface area contributed by atoms with E-state index in [1.54, 1.807) is 6.20 Å². The Labute approximate surface area is 105 Å². The third-order valence-corrected chi connectivity index (χ3v) is 3.17. The lowest BCUT2D eigenvalue weighted by Gasteiger charge is -2.05. The first-order valence-corrected chi connectivity index (χ1v) is 6.28. The Morgan fingerprint density at radius 1 is 1.44 bits per heavy atom. The van der Waals surface area contributed by atoms with Crippen molar-refractivity contribution in [1.82, 2.24) is 19.9 Å². The first kappa shape index (κ1) is 11.4. The number of hydrogen-bond acceptors (Lipinski definition) is 5. The van der Waals surface area contributed by atoms with Gasteiger partial charge in [-0.25, -0.2) is 0 Å². The molecule has 18 heavy (non-hydrogen) atoms.